The van der Waals surface area contributed by atoms with E-state index in [1.54, 1.807) is 12.1 Å². The maximum atomic E-state index is 15.5. The molecule has 3 aliphatic heterocycles. The summed E-state index contributed by atoms with van der Waals surface area (Å²) < 4.78 is 15.5. The van der Waals surface area contributed by atoms with Gasteiger partial charge in [-0.2, -0.15) is 5.26 Å². The largest absolute Gasteiger partial charge is 0.371 e. The molecule has 4 amide bonds. The van der Waals surface area contributed by atoms with E-state index in [9.17, 15) is 29.2 Å². The smallest absolute Gasteiger partial charge is 0.262 e. The Morgan fingerprint density at radius 3 is 2.32 bits per heavy atom. The van der Waals surface area contributed by atoms with Crippen molar-refractivity contribution in [3.05, 3.63) is 98.5 Å². The van der Waals surface area contributed by atoms with Crippen LogP contribution in [0.1, 0.15) is 111 Å². The van der Waals surface area contributed by atoms with Crippen LogP contribution in [0, 0.1) is 17.1 Å². The summed E-state index contributed by atoms with van der Waals surface area (Å²) in [5.41, 5.74) is 6.49. The van der Waals surface area contributed by atoms with Crippen LogP contribution < -0.4 is 10.2 Å². The molecule has 1 aromatic heterocycles. The van der Waals surface area contributed by atoms with Crippen molar-refractivity contribution in [2.45, 2.75) is 76.9 Å². The lowest BCUT2D eigenvalue weighted by Crippen LogP contribution is -2.54. The van der Waals surface area contributed by atoms with E-state index in [0.29, 0.717) is 16.7 Å². The number of aromatic nitrogens is 1. The molecule has 12 heteroatoms. The zero-order chi connectivity index (χ0) is 37.5. The predicted octanol–water partition coefficient (Wildman–Crippen LogP) is 5.11. The second kappa shape index (κ2) is 12.5. The van der Waals surface area contributed by atoms with Crippen LogP contribution in [0.2, 0.25) is 0 Å². The van der Waals surface area contributed by atoms with Crippen molar-refractivity contribution in [1.29, 1.82) is 5.26 Å². The monoisotopic (exact) mass is 714 g/mol. The zero-order valence-electron chi connectivity index (χ0n) is 30.1. The number of benzene rings is 3. The second-order valence-electron chi connectivity index (χ2n) is 15.2. The van der Waals surface area contributed by atoms with Gasteiger partial charge in [-0.3, -0.25) is 39.1 Å². The lowest BCUT2D eigenvalue weighted by molar-refractivity contribution is -0.136. The van der Waals surface area contributed by atoms with Gasteiger partial charge in [0, 0.05) is 70.9 Å². The third kappa shape index (κ3) is 5.36. The van der Waals surface area contributed by atoms with Crippen LogP contribution in [0.15, 0.2) is 42.5 Å². The Morgan fingerprint density at radius 2 is 1.64 bits per heavy atom. The fourth-order valence-electron chi connectivity index (χ4n) is 8.76. The molecule has 2 saturated heterocycles. The van der Waals surface area contributed by atoms with E-state index < -0.39 is 40.9 Å². The number of nitrogens with zero attached hydrogens (tertiary/aromatic N) is 4. The SMILES string of the molecule is CCc1cc2c(cc1N1CCC(N(C)Cc3cc4c(cc3F)C(=O)N(C3CCC(=O)NC3=O)C4=O)CC1)C(C)(C)c1[nH]c3cc(C#N)ccc3c1C2=O. The molecule has 0 spiro atoms. The maximum Gasteiger partial charge on any atom is 0.262 e. The van der Waals surface area contributed by atoms with Gasteiger partial charge in [-0.05, 0) is 80.3 Å². The first-order chi connectivity index (χ1) is 25.3. The fourth-order valence-corrected chi connectivity index (χ4v) is 8.76. The van der Waals surface area contributed by atoms with Crippen molar-refractivity contribution in [2.75, 3.05) is 25.0 Å². The van der Waals surface area contributed by atoms with Gasteiger partial charge in [-0.15, -0.1) is 0 Å². The number of carbonyl (C=O) groups is 5. The summed E-state index contributed by atoms with van der Waals surface area (Å²) in [5.74, 6) is -3.17. The number of fused-ring (bicyclic) bond motifs is 5. The van der Waals surface area contributed by atoms with Gasteiger partial charge in [0.25, 0.3) is 11.8 Å². The number of hydrogen-bond donors (Lipinski definition) is 2. The van der Waals surface area contributed by atoms with Gasteiger partial charge in [-0.1, -0.05) is 26.8 Å². The number of halogens is 1. The Kier molecular flexibility index (Phi) is 8.11. The highest BCUT2D eigenvalue weighted by atomic mass is 19.1. The summed E-state index contributed by atoms with van der Waals surface area (Å²) in [6.45, 7) is 8.08. The number of carbonyl (C=O) groups excluding carboxylic acids is 5. The third-order valence-corrected chi connectivity index (χ3v) is 11.8. The highest BCUT2D eigenvalue weighted by molar-refractivity contribution is 6.23. The number of piperidine rings is 2. The number of nitriles is 1. The van der Waals surface area contributed by atoms with Gasteiger partial charge in [0.1, 0.15) is 11.9 Å². The molecule has 11 nitrogen and oxygen atoms in total. The van der Waals surface area contributed by atoms with E-state index in [4.69, 9.17) is 0 Å². The summed E-state index contributed by atoms with van der Waals surface area (Å²) in [4.78, 5) is 73.4. The molecule has 4 aromatic rings. The minimum atomic E-state index is -1.11. The van der Waals surface area contributed by atoms with Crippen LogP contribution in [-0.2, 0) is 28.0 Å². The Labute approximate surface area is 305 Å². The average Bonchev–Trinajstić information content (AvgIpc) is 3.65. The number of ketones is 1. The van der Waals surface area contributed by atoms with Crippen LogP contribution in [0.5, 0.6) is 0 Å². The molecule has 0 saturated carbocycles. The summed E-state index contributed by atoms with van der Waals surface area (Å²) in [6.07, 6.45) is 2.40. The van der Waals surface area contributed by atoms with Gasteiger partial charge >= 0.3 is 0 Å². The van der Waals surface area contributed by atoms with E-state index in [1.165, 1.54) is 6.07 Å². The van der Waals surface area contributed by atoms with Gasteiger partial charge in [0.05, 0.1) is 28.3 Å². The van der Waals surface area contributed by atoms with Crippen molar-refractivity contribution in [3.8, 4) is 6.07 Å². The lowest BCUT2D eigenvalue weighted by atomic mass is 9.70. The molecule has 8 rings (SSSR count). The number of imide groups is 2. The highest BCUT2D eigenvalue weighted by Crippen LogP contribution is 2.46. The number of aromatic amines is 1. The summed E-state index contributed by atoms with van der Waals surface area (Å²) >= 11 is 0. The number of aryl methyl sites for hydroxylation is 1. The molecule has 0 radical (unpaired) electrons. The van der Waals surface area contributed by atoms with E-state index in [-0.39, 0.29) is 47.9 Å². The Bertz CT molecular complexity index is 2350. The molecule has 4 heterocycles. The maximum absolute atomic E-state index is 15.5. The first kappa shape index (κ1) is 34.4. The van der Waals surface area contributed by atoms with Gasteiger partial charge < -0.3 is 9.88 Å². The van der Waals surface area contributed by atoms with Crippen LogP contribution in [0.4, 0.5) is 10.1 Å². The highest BCUT2D eigenvalue weighted by Gasteiger charge is 2.45. The Balaban J connectivity index is 0.993. The molecule has 3 aromatic carbocycles. The summed E-state index contributed by atoms with van der Waals surface area (Å²) in [5, 5.41) is 12.4. The van der Waals surface area contributed by atoms with Crippen LogP contribution in [0.25, 0.3) is 10.9 Å². The number of anilines is 1. The van der Waals surface area contributed by atoms with Crippen LogP contribution in [-0.4, -0.2) is 76.4 Å². The molecule has 1 atom stereocenters. The third-order valence-electron chi connectivity index (χ3n) is 11.8. The van der Waals surface area contributed by atoms with E-state index in [0.717, 1.165) is 76.7 Å². The second-order valence-corrected chi connectivity index (χ2v) is 15.2. The quantitative estimate of drug-likeness (QED) is 0.262. The minimum absolute atomic E-state index is 0.00833. The first-order valence-corrected chi connectivity index (χ1v) is 18.1. The predicted molar refractivity (Wildman–Crippen MR) is 194 cm³/mol. The Morgan fingerprint density at radius 1 is 0.943 bits per heavy atom. The molecule has 1 unspecified atom stereocenters. The lowest BCUT2D eigenvalue weighted by Gasteiger charge is -2.40. The van der Waals surface area contributed by atoms with Gasteiger partial charge in [-0.25, -0.2) is 4.39 Å². The summed E-state index contributed by atoms with van der Waals surface area (Å²) in [6, 6.07) is 13.4. The van der Waals surface area contributed by atoms with Crippen molar-refractivity contribution in [1.82, 2.24) is 20.1 Å². The molecule has 270 valence electrons. The van der Waals surface area contributed by atoms with Gasteiger partial charge in [0.15, 0.2) is 5.78 Å². The number of rotatable bonds is 6. The zero-order valence-corrected chi connectivity index (χ0v) is 30.1. The number of amides is 4. The molecular weight excluding hydrogens is 675 g/mol. The van der Waals surface area contributed by atoms with Crippen molar-refractivity contribution >= 4 is 46.0 Å². The molecule has 1 aliphatic carbocycles. The van der Waals surface area contributed by atoms with E-state index in [2.05, 4.69) is 59.1 Å². The molecule has 2 fully saturated rings. The number of hydrogen-bond acceptors (Lipinski definition) is 8. The molecule has 0 bridgehead atoms. The normalized spacial score (nSPS) is 19.8. The molecule has 53 heavy (non-hydrogen) atoms. The number of H-pyrrole nitrogens is 1. The first-order valence-electron chi connectivity index (χ1n) is 18.1. The molecule has 2 N–H and O–H groups in total. The topological polar surface area (TPSA) is 147 Å². The average molecular weight is 715 g/mol. The van der Waals surface area contributed by atoms with Crippen molar-refractivity contribution in [2.24, 2.45) is 0 Å². The van der Waals surface area contributed by atoms with Crippen molar-refractivity contribution in [3.63, 3.8) is 0 Å². The van der Waals surface area contributed by atoms with Crippen molar-refractivity contribution < 1.29 is 28.4 Å². The minimum Gasteiger partial charge on any atom is -0.371 e. The van der Waals surface area contributed by atoms with Gasteiger partial charge in [0.2, 0.25) is 11.8 Å². The standard InChI is InChI=1S/C41H39FN6O5/c1-5-22-15-28-29(41(2,3)37-35(36(28)50)25-7-6-21(19-43)14-31(25)44-37)18-33(22)47-12-10-24(11-13-47)46(4)20-23-16-26-27(17-30(23)42)40(53)48(39(26)52)32-8-9-34(49)45-38(32)51/h6-7,14-18,24,32,44H,5,8-13,20H2,1-4H3,(H,45,49,51). The fraction of sp³-hybridized carbons (Fsp3) is 0.366. The van der Waals surface area contributed by atoms with E-state index >= 15 is 4.39 Å². The van der Waals surface area contributed by atoms with Crippen LogP contribution >= 0.6 is 0 Å². The Hall–Kier alpha value is -5.67. The summed E-state index contributed by atoms with van der Waals surface area (Å²) in [7, 11) is 1.93. The number of nitrogens with one attached hydrogen (secondary N) is 2. The van der Waals surface area contributed by atoms with E-state index in [1.807, 2.05) is 13.1 Å². The molecular formula is C41H39FN6O5. The molecule has 4 aliphatic rings. The van der Waals surface area contributed by atoms with Crippen LogP contribution in [0.3, 0.4) is 0 Å².